The van der Waals surface area contributed by atoms with Crippen molar-refractivity contribution in [3.8, 4) is 6.07 Å². The van der Waals surface area contributed by atoms with Gasteiger partial charge in [-0.3, -0.25) is 4.18 Å². The predicted molar refractivity (Wildman–Crippen MR) is 83.8 cm³/mol. The maximum absolute atomic E-state index is 12.1. The van der Waals surface area contributed by atoms with Gasteiger partial charge in [-0.15, -0.1) is 0 Å². The molecule has 0 aromatic heterocycles. The van der Waals surface area contributed by atoms with Gasteiger partial charge in [-0.1, -0.05) is 42.0 Å². The van der Waals surface area contributed by atoms with E-state index in [4.69, 9.17) is 9.44 Å². The van der Waals surface area contributed by atoms with E-state index in [0.717, 1.165) is 16.7 Å². The molecular weight excluding hydrogens is 298 g/mol. The fraction of sp³-hybridized carbons (Fsp3) is 0.235. The third-order valence-corrected chi connectivity index (χ3v) is 4.63. The first-order chi connectivity index (χ1) is 10.5. The summed E-state index contributed by atoms with van der Waals surface area (Å²) in [4.78, 5) is 0.156. The molecule has 4 nitrogen and oxygen atoms in total. The summed E-state index contributed by atoms with van der Waals surface area (Å²) in [5.41, 5.74) is 2.83. The van der Waals surface area contributed by atoms with E-state index in [2.05, 4.69) is 6.07 Å². The van der Waals surface area contributed by atoms with E-state index >= 15 is 0 Å². The first-order valence-corrected chi connectivity index (χ1v) is 8.33. The van der Waals surface area contributed by atoms with Crippen molar-refractivity contribution in [2.45, 2.75) is 24.7 Å². The second kappa shape index (κ2) is 7.21. The molecule has 2 aromatic carbocycles. The Morgan fingerprint density at radius 1 is 1.05 bits per heavy atom. The van der Waals surface area contributed by atoms with Crippen LogP contribution in [0.3, 0.4) is 0 Å². The molecule has 0 aliphatic rings. The molecule has 0 saturated carbocycles. The Labute approximate surface area is 131 Å². The standard InChI is InChI=1S/C17H17NO3S/c1-14-6-8-17(9-7-14)22(19,20)21-13-11-16-5-3-2-4-15(16)10-12-18/h2-9H,10-11,13H2,1H3. The molecule has 5 heteroatoms. The van der Waals surface area contributed by atoms with Crippen molar-refractivity contribution in [2.75, 3.05) is 6.61 Å². The van der Waals surface area contributed by atoms with Crippen LogP contribution in [0.4, 0.5) is 0 Å². The lowest BCUT2D eigenvalue weighted by atomic mass is 10.0. The number of aryl methyl sites for hydroxylation is 1. The Bertz CT molecular complexity index is 774. The summed E-state index contributed by atoms with van der Waals surface area (Å²) in [6.07, 6.45) is 0.754. The quantitative estimate of drug-likeness (QED) is 0.769. The van der Waals surface area contributed by atoms with E-state index in [9.17, 15) is 8.42 Å². The highest BCUT2D eigenvalue weighted by molar-refractivity contribution is 7.86. The molecule has 0 aliphatic heterocycles. The number of rotatable bonds is 6. The fourth-order valence-electron chi connectivity index (χ4n) is 2.09. The van der Waals surface area contributed by atoms with Crippen LogP contribution >= 0.6 is 0 Å². The smallest absolute Gasteiger partial charge is 0.266 e. The van der Waals surface area contributed by atoms with Crippen LogP contribution in [0, 0.1) is 18.3 Å². The molecule has 0 atom stereocenters. The summed E-state index contributed by atoms with van der Waals surface area (Å²) >= 11 is 0. The lowest BCUT2D eigenvalue weighted by molar-refractivity contribution is 0.322. The van der Waals surface area contributed by atoms with E-state index in [1.165, 1.54) is 12.1 Å². The fourth-order valence-corrected chi connectivity index (χ4v) is 3.00. The number of hydrogen-bond acceptors (Lipinski definition) is 4. The maximum Gasteiger partial charge on any atom is 0.296 e. The first-order valence-electron chi connectivity index (χ1n) is 6.93. The van der Waals surface area contributed by atoms with Crippen molar-refractivity contribution in [3.05, 3.63) is 65.2 Å². The second-order valence-corrected chi connectivity index (χ2v) is 6.56. The van der Waals surface area contributed by atoms with Gasteiger partial charge in [0.2, 0.25) is 0 Å². The van der Waals surface area contributed by atoms with Crippen molar-refractivity contribution in [2.24, 2.45) is 0 Å². The van der Waals surface area contributed by atoms with Crippen LogP contribution in [0.25, 0.3) is 0 Å². The molecule has 0 aliphatic carbocycles. The molecule has 0 unspecified atom stereocenters. The lowest BCUT2D eigenvalue weighted by Gasteiger charge is -2.08. The highest BCUT2D eigenvalue weighted by atomic mass is 32.2. The number of hydrogen-bond donors (Lipinski definition) is 0. The van der Waals surface area contributed by atoms with Crippen LogP contribution in [-0.4, -0.2) is 15.0 Å². The summed E-state index contributed by atoms with van der Waals surface area (Å²) in [6.45, 7) is 1.95. The monoisotopic (exact) mass is 315 g/mol. The van der Waals surface area contributed by atoms with Gasteiger partial charge >= 0.3 is 0 Å². The molecule has 0 fully saturated rings. The Kier molecular flexibility index (Phi) is 5.31. The lowest BCUT2D eigenvalue weighted by Crippen LogP contribution is -2.10. The largest absolute Gasteiger partial charge is 0.296 e. The van der Waals surface area contributed by atoms with Gasteiger partial charge in [0.25, 0.3) is 10.1 Å². The van der Waals surface area contributed by atoms with Gasteiger partial charge in [-0.05, 0) is 36.6 Å². The van der Waals surface area contributed by atoms with E-state index in [1.807, 2.05) is 31.2 Å². The van der Waals surface area contributed by atoms with Crippen LogP contribution in [0.15, 0.2) is 53.4 Å². The highest BCUT2D eigenvalue weighted by Gasteiger charge is 2.14. The van der Waals surface area contributed by atoms with E-state index in [1.54, 1.807) is 12.1 Å². The Balaban J connectivity index is 2.02. The molecule has 2 aromatic rings. The van der Waals surface area contributed by atoms with Gasteiger partial charge in [0.1, 0.15) is 0 Å². The third kappa shape index (κ3) is 4.17. The molecule has 22 heavy (non-hydrogen) atoms. The van der Waals surface area contributed by atoms with Gasteiger partial charge < -0.3 is 0 Å². The normalized spacial score (nSPS) is 11.1. The summed E-state index contributed by atoms with van der Waals surface area (Å²) in [5, 5.41) is 8.79. The van der Waals surface area contributed by atoms with Crippen molar-refractivity contribution < 1.29 is 12.6 Å². The molecule has 2 rings (SSSR count). The van der Waals surface area contributed by atoms with Crippen LogP contribution < -0.4 is 0 Å². The van der Waals surface area contributed by atoms with Crippen molar-refractivity contribution in [1.82, 2.24) is 0 Å². The van der Waals surface area contributed by atoms with E-state index in [0.29, 0.717) is 12.8 Å². The summed E-state index contributed by atoms with van der Waals surface area (Å²) in [6, 6.07) is 16.1. The molecule has 0 radical (unpaired) electrons. The topological polar surface area (TPSA) is 67.2 Å². The number of nitriles is 1. The van der Waals surface area contributed by atoms with Gasteiger partial charge in [0, 0.05) is 0 Å². The van der Waals surface area contributed by atoms with Gasteiger partial charge in [-0.2, -0.15) is 13.7 Å². The zero-order valence-corrected chi connectivity index (χ0v) is 13.1. The predicted octanol–water partition coefficient (Wildman–Crippen LogP) is 3.01. The molecule has 114 valence electrons. The van der Waals surface area contributed by atoms with Crippen LogP contribution in [0.1, 0.15) is 16.7 Å². The van der Waals surface area contributed by atoms with Crippen LogP contribution in [-0.2, 0) is 27.1 Å². The van der Waals surface area contributed by atoms with Crippen LogP contribution in [0.5, 0.6) is 0 Å². The number of nitrogens with zero attached hydrogens (tertiary/aromatic N) is 1. The average Bonchev–Trinajstić information content (AvgIpc) is 2.49. The zero-order valence-electron chi connectivity index (χ0n) is 12.3. The average molecular weight is 315 g/mol. The molecule has 0 N–H and O–H groups in total. The first kappa shape index (κ1) is 16.2. The van der Waals surface area contributed by atoms with Crippen molar-refractivity contribution in [1.29, 1.82) is 5.26 Å². The van der Waals surface area contributed by atoms with Crippen molar-refractivity contribution in [3.63, 3.8) is 0 Å². The zero-order chi connectivity index (χ0) is 16.0. The Morgan fingerprint density at radius 3 is 2.32 bits per heavy atom. The van der Waals surface area contributed by atoms with E-state index < -0.39 is 10.1 Å². The van der Waals surface area contributed by atoms with Crippen LogP contribution in [0.2, 0.25) is 0 Å². The molecule has 0 spiro atoms. The molecule has 0 bridgehead atoms. The van der Waals surface area contributed by atoms with Crippen molar-refractivity contribution >= 4 is 10.1 Å². The summed E-state index contributed by atoms with van der Waals surface area (Å²) < 4.78 is 29.2. The molecule has 0 heterocycles. The van der Waals surface area contributed by atoms with Gasteiger partial charge in [0.05, 0.1) is 24.0 Å². The molecular formula is C17H17NO3S. The summed E-state index contributed by atoms with van der Waals surface area (Å²) in [7, 11) is -3.74. The van der Waals surface area contributed by atoms with E-state index in [-0.39, 0.29) is 11.5 Å². The Hall–Kier alpha value is -2.16. The summed E-state index contributed by atoms with van der Waals surface area (Å²) in [5.74, 6) is 0. The number of benzene rings is 2. The minimum atomic E-state index is -3.74. The Morgan fingerprint density at radius 2 is 1.68 bits per heavy atom. The SMILES string of the molecule is Cc1ccc(S(=O)(=O)OCCc2ccccc2CC#N)cc1. The minimum absolute atomic E-state index is 0.0542. The molecule has 0 amide bonds. The highest BCUT2D eigenvalue weighted by Crippen LogP contribution is 2.15. The molecule has 0 saturated heterocycles. The van der Waals surface area contributed by atoms with Gasteiger partial charge in [-0.25, -0.2) is 0 Å². The minimum Gasteiger partial charge on any atom is -0.266 e. The third-order valence-electron chi connectivity index (χ3n) is 3.31. The maximum atomic E-state index is 12.1. The second-order valence-electron chi connectivity index (χ2n) is 4.94. The van der Waals surface area contributed by atoms with Gasteiger partial charge in [0.15, 0.2) is 0 Å².